The first-order chi connectivity index (χ1) is 30.2. The Morgan fingerprint density at radius 1 is 0.295 bits per heavy atom. The van der Waals surface area contributed by atoms with Crippen molar-refractivity contribution in [3.05, 3.63) is 224 Å². The van der Waals surface area contributed by atoms with Gasteiger partial charge in [0.2, 0.25) is 0 Å². The lowest BCUT2D eigenvalue weighted by atomic mass is 9.91. The van der Waals surface area contributed by atoms with Gasteiger partial charge in [-0.25, -0.2) is 0 Å². The average molecular weight is 780 g/mol. The maximum absolute atomic E-state index is 6.69. The molecule has 0 atom stereocenters. The van der Waals surface area contributed by atoms with E-state index in [-0.39, 0.29) is 0 Å². The van der Waals surface area contributed by atoms with Gasteiger partial charge in [-0.2, -0.15) is 0 Å². The van der Waals surface area contributed by atoms with Crippen LogP contribution in [0.1, 0.15) is 0 Å². The van der Waals surface area contributed by atoms with Crippen LogP contribution in [0.2, 0.25) is 0 Å². The van der Waals surface area contributed by atoms with E-state index < -0.39 is 0 Å². The minimum atomic E-state index is 0.844. The van der Waals surface area contributed by atoms with Crippen LogP contribution in [0.15, 0.2) is 233 Å². The van der Waals surface area contributed by atoms with Crippen LogP contribution in [0.3, 0.4) is 0 Å². The number of fused-ring (bicyclic) bond motifs is 8. The highest BCUT2D eigenvalue weighted by atomic mass is 16.3. The number of para-hydroxylation sites is 2. The molecule has 0 fully saturated rings. The van der Waals surface area contributed by atoms with Gasteiger partial charge in [0, 0.05) is 38.3 Å². The number of anilines is 3. The van der Waals surface area contributed by atoms with Gasteiger partial charge < -0.3 is 13.7 Å². The molecule has 3 heteroatoms. The van der Waals surface area contributed by atoms with Crippen molar-refractivity contribution in [2.45, 2.75) is 0 Å². The lowest BCUT2D eigenvalue weighted by Crippen LogP contribution is -2.10. The summed E-state index contributed by atoms with van der Waals surface area (Å²) in [5.41, 5.74) is 15.9. The van der Waals surface area contributed by atoms with Crippen molar-refractivity contribution in [1.29, 1.82) is 0 Å². The summed E-state index contributed by atoms with van der Waals surface area (Å²) >= 11 is 0. The summed E-state index contributed by atoms with van der Waals surface area (Å²) in [5, 5.41) is 6.69. The van der Waals surface area contributed by atoms with Crippen molar-refractivity contribution in [3.8, 4) is 44.5 Å². The van der Waals surface area contributed by atoms with E-state index in [1.807, 2.05) is 12.1 Å². The molecule has 0 radical (unpaired) electrons. The number of hydrogen-bond acceptors (Lipinski definition) is 3. The van der Waals surface area contributed by atoms with E-state index in [0.29, 0.717) is 0 Å². The van der Waals surface area contributed by atoms with Crippen LogP contribution in [-0.2, 0) is 0 Å². The fourth-order valence-electron chi connectivity index (χ4n) is 9.20. The zero-order valence-electron chi connectivity index (χ0n) is 33.1. The summed E-state index contributed by atoms with van der Waals surface area (Å²) in [4.78, 5) is 2.33. The van der Waals surface area contributed by atoms with Gasteiger partial charge in [0.25, 0.3) is 0 Å². The lowest BCUT2D eigenvalue weighted by molar-refractivity contribution is 0.669. The lowest BCUT2D eigenvalue weighted by Gasteiger charge is -2.26. The summed E-state index contributed by atoms with van der Waals surface area (Å²) in [6, 6.07) is 79.8. The second-order valence-corrected chi connectivity index (χ2v) is 15.6. The number of nitrogens with zero attached hydrogens (tertiary/aromatic N) is 1. The number of hydrogen-bond donors (Lipinski definition) is 0. The summed E-state index contributed by atoms with van der Waals surface area (Å²) in [7, 11) is 0. The highest BCUT2D eigenvalue weighted by Gasteiger charge is 2.21. The van der Waals surface area contributed by atoms with Crippen LogP contribution in [0.4, 0.5) is 17.1 Å². The van der Waals surface area contributed by atoms with Crippen LogP contribution >= 0.6 is 0 Å². The second-order valence-electron chi connectivity index (χ2n) is 15.6. The molecule has 10 aromatic carbocycles. The van der Waals surface area contributed by atoms with Gasteiger partial charge in [-0.1, -0.05) is 170 Å². The van der Waals surface area contributed by atoms with E-state index >= 15 is 0 Å². The van der Waals surface area contributed by atoms with E-state index in [4.69, 9.17) is 8.83 Å². The van der Waals surface area contributed by atoms with Gasteiger partial charge in [0.05, 0.1) is 5.69 Å². The summed E-state index contributed by atoms with van der Waals surface area (Å²) < 4.78 is 13.3. The molecule has 0 aliphatic heterocycles. The summed E-state index contributed by atoms with van der Waals surface area (Å²) in [6.07, 6.45) is 0. The third-order valence-electron chi connectivity index (χ3n) is 12.1. The smallest absolute Gasteiger partial charge is 0.159 e. The van der Waals surface area contributed by atoms with Crippen molar-refractivity contribution < 1.29 is 8.83 Å². The SMILES string of the molecule is c1ccc(-c2ccc(-c3ccc(N(c4cccc(-c5cccc6oc7c8ccccc8ccc7c56)c4)c4cccc5c4oc4ccccc45)cc3)cc2-c2ccccc2)cc1. The number of rotatable bonds is 7. The van der Waals surface area contributed by atoms with Crippen LogP contribution in [-0.4, -0.2) is 0 Å². The normalized spacial score (nSPS) is 11.6. The van der Waals surface area contributed by atoms with Crippen LogP contribution in [0.5, 0.6) is 0 Å². The third kappa shape index (κ3) is 5.90. The maximum atomic E-state index is 6.69. The monoisotopic (exact) mass is 779 g/mol. The molecule has 3 nitrogen and oxygen atoms in total. The van der Waals surface area contributed by atoms with E-state index in [9.17, 15) is 0 Å². The highest BCUT2D eigenvalue weighted by molar-refractivity contribution is 6.19. The maximum Gasteiger partial charge on any atom is 0.159 e. The average Bonchev–Trinajstić information content (AvgIpc) is 3.92. The fraction of sp³-hybridized carbons (Fsp3) is 0. The van der Waals surface area contributed by atoms with Crippen LogP contribution < -0.4 is 4.90 Å². The molecule has 0 bridgehead atoms. The van der Waals surface area contributed by atoms with Crippen LogP contribution in [0.25, 0.3) is 99.2 Å². The van der Waals surface area contributed by atoms with Gasteiger partial charge >= 0.3 is 0 Å². The zero-order valence-corrected chi connectivity index (χ0v) is 33.1. The topological polar surface area (TPSA) is 29.5 Å². The molecule has 0 aliphatic carbocycles. The number of furan rings is 2. The molecule has 12 aromatic rings. The molecule has 0 saturated heterocycles. The Balaban J connectivity index is 1.01. The molecule has 0 saturated carbocycles. The first kappa shape index (κ1) is 34.9. The van der Waals surface area contributed by atoms with Gasteiger partial charge in [-0.3, -0.25) is 0 Å². The first-order valence-corrected chi connectivity index (χ1v) is 20.7. The largest absolute Gasteiger partial charge is 0.455 e. The summed E-state index contributed by atoms with van der Waals surface area (Å²) in [5.74, 6) is 0. The van der Waals surface area contributed by atoms with Crippen molar-refractivity contribution in [2.75, 3.05) is 4.90 Å². The predicted octanol–water partition coefficient (Wildman–Crippen LogP) is 16.8. The second kappa shape index (κ2) is 14.3. The third-order valence-corrected chi connectivity index (χ3v) is 12.1. The molecule has 2 heterocycles. The molecule has 0 N–H and O–H groups in total. The van der Waals surface area contributed by atoms with Crippen molar-refractivity contribution in [3.63, 3.8) is 0 Å². The van der Waals surface area contributed by atoms with Gasteiger partial charge in [-0.15, -0.1) is 0 Å². The van der Waals surface area contributed by atoms with Crippen molar-refractivity contribution in [2.24, 2.45) is 0 Å². The minimum absolute atomic E-state index is 0.844. The molecular weight excluding hydrogens is 743 g/mol. The van der Waals surface area contributed by atoms with Crippen molar-refractivity contribution in [1.82, 2.24) is 0 Å². The van der Waals surface area contributed by atoms with Crippen molar-refractivity contribution >= 4 is 71.7 Å². The van der Waals surface area contributed by atoms with Gasteiger partial charge in [-0.05, 0) is 104 Å². The Kier molecular flexibility index (Phi) is 8.17. The minimum Gasteiger partial charge on any atom is -0.455 e. The Morgan fingerprint density at radius 3 is 1.77 bits per heavy atom. The Labute approximate surface area is 353 Å². The molecule has 286 valence electrons. The van der Waals surface area contributed by atoms with Gasteiger partial charge in [0.1, 0.15) is 16.7 Å². The van der Waals surface area contributed by atoms with Gasteiger partial charge in [0.15, 0.2) is 5.58 Å². The Morgan fingerprint density at radius 2 is 0.934 bits per heavy atom. The molecular formula is C58H37NO2. The standard InChI is InChI=1S/C58H37NO2/c1-3-14-39(15-4-1)46-34-31-42(37-52(46)40-16-5-2-6-17-40)38-28-32-44(33-29-38)59(53-25-12-24-50-49-22-9-10-26-54(49)60-58(50)53)45-20-11-19-43(36-45)47-23-13-27-55-56(47)51-35-30-41-18-7-8-21-48(41)57(51)61-55/h1-37H. The Hall–Kier alpha value is -8.14. The molecule has 12 rings (SSSR count). The van der Waals surface area contributed by atoms with Crippen LogP contribution in [0, 0.1) is 0 Å². The Bertz CT molecular complexity index is 3580. The summed E-state index contributed by atoms with van der Waals surface area (Å²) in [6.45, 7) is 0. The first-order valence-electron chi connectivity index (χ1n) is 20.7. The highest BCUT2D eigenvalue weighted by Crippen LogP contribution is 2.45. The van der Waals surface area contributed by atoms with E-state index in [1.165, 1.54) is 27.6 Å². The molecule has 0 amide bonds. The molecule has 61 heavy (non-hydrogen) atoms. The molecule has 0 unspecified atom stereocenters. The fourth-order valence-corrected chi connectivity index (χ4v) is 9.20. The van der Waals surface area contributed by atoms with E-state index in [1.54, 1.807) is 0 Å². The number of benzene rings is 10. The zero-order chi connectivity index (χ0) is 40.3. The molecule has 0 spiro atoms. The van der Waals surface area contributed by atoms with E-state index in [2.05, 4.69) is 217 Å². The quantitative estimate of drug-likeness (QED) is 0.161. The molecule has 0 aliphatic rings. The molecule has 2 aromatic heterocycles. The predicted molar refractivity (Wildman–Crippen MR) is 255 cm³/mol. The van der Waals surface area contributed by atoms with E-state index in [0.717, 1.165) is 88.6 Å².